The lowest BCUT2D eigenvalue weighted by Crippen LogP contribution is -2.37. The molecule has 134 valence electrons. The highest BCUT2D eigenvalue weighted by atomic mass is 127. The number of nitrogens with zero attached hydrogens (tertiary/aromatic N) is 2. The molecular weight excluding hydrogens is 445 g/mol. The Balaban J connectivity index is 0.00000225. The van der Waals surface area contributed by atoms with Crippen molar-refractivity contribution in [3.05, 3.63) is 51.6 Å². The van der Waals surface area contributed by atoms with Crippen molar-refractivity contribution < 1.29 is 0 Å². The first-order chi connectivity index (χ1) is 11.7. The Morgan fingerprint density at radius 2 is 2.12 bits per heavy atom. The molecule has 0 aliphatic heterocycles. The fourth-order valence-corrected chi connectivity index (χ4v) is 3.44. The van der Waals surface area contributed by atoms with Gasteiger partial charge in [-0.3, -0.25) is 4.99 Å². The van der Waals surface area contributed by atoms with Crippen molar-refractivity contribution in [2.24, 2.45) is 4.99 Å². The summed E-state index contributed by atoms with van der Waals surface area (Å²) in [6.45, 7) is 5.71. The largest absolute Gasteiger partial charge is 0.361 e. The summed E-state index contributed by atoms with van der Waals surface area (Å²) in [7, 11) is 1.79. The second-order valence-corrected chi connectivity index (χ2v) is 7.13. The summed E-state index contributed by atoms with van der Waals surface area (Å²) in [4.78, 5) is 13.1. The number of aryl methyl sites for hydroxylation is 2. The van der Waals surface area contributed by atoms with Gasteiger partial charge in [0.15, 0.2) is 5.96 Å². The number of fused-ring (bicyclic) bond motifs is 1. The number of H-pyrrole nitrogens is 1. The van der Waals surface area contributed by atoms with Gasteiger partial charge in [-0.25, -0.2) is 4.98 Å². The van der Waals surface area contributed by atoms with Crippen LogP contribution in [0, 0.1) is 13.8 Å². The Hall–Kier alpha value is -1.61. The normalized spacial score (nSPS) is 11.4. The highest BCUT2D eigenvalue weighted by Gasteiger charge is 2.05. The molecule has 0 radical (unpaired) electrons. The second-order valence-electron chi connectivity index (χ2n) is 5.81. The Kier molecular flexibility index (Phi) is 7.24. The maximum atomic E-state index is 4.27. The van der Waals surface area contributed by atoms with Crippen LogP contribution < -0.4 is 10.6 Å². The molecule has 3 N–H and O–H groups in total. The van der Waals surface area contributed by atoms with Crippen LogP contribution in [0.5, 0.6) is 0 Å². The number of aromatic nitrogens is 2. The molecule has 2 aromatic heterocycles. The average molecular weight is 469 g/mol. The molecule has 0 saturated carbocycles. The molecule has 0 saturated heterocycles. The number of thiazole rings is 1. The Labute approximate surface area is 169 Å². The number of aliphatic imine (C=N–C) groups is 1. The van der Waals surface area contributed by atoms with Crippen LogP contribution >= 0.6 is 35.3 Å². The van der Waals surface area contributed by atoms with E-state index in [-0.39, 0.29) is 24.0 Å². The number of nitrogens with one attached hydrogen (secondary N) is 3. The first kappa shape index (κ1) is 19.7. The van der Waals surface area contributed by atoms with Crippen molar-refractivity contribution in [3.8, 4) is 0 Å². The third-order valence-corrected chi connectivity index (χ3v) is 4.85. The first-order valence-corrected chi connectivity index (χ1v) is 8.90. The van der Waals surface area contributed by atoms with Crippen LogP contribution in [0.1, 0.15) is 21.0 Å². The number of rotatable bonds is 5. The topological polar surface area (TPSA) is 65.1 Å². The molecule has 7 heteroatoms. The van der Waals surface area contributed by atoms with Gasteiger partial charge >= 0.3 is 0 Å². The molecule has 25 heavy (non-hydrogen) atoms. The van der Waals surface area contributed by atoms with E-state index in [2.05, 4.69) is 56.9 Å². The molecule has 3 rings (SSSR count). The summed E-state index contributed by atoms with van der Waals surface area (Å²) >= 11 is 1.70. The van der Waals surface area contributed by atoms with Gasteiger partial charge in [-0.1, -0.05) is 12.1 Å². The molecule has 0 unspecified atom stereocenters. The minimum Gasteiger partial charge on any atom is -0.361 e. The molecule has 0 bridgehead atoms. The molecular formula is C18H24IN5S. The molecule has 1 aromatic carbocycles. The first-order valence-electron chi connectivity index (χ1n) is 8.08. The SMILES string of the molecule is CN=C(NCCc1c[nH]c2cc(C)ccc12)NCc1cnc(C)s1.I. The van der Waals surface area contributed by atoms with Gasteiger partial charge in [0.1, 0.15) is 0 Å². The van der Waals surface area contributed by atoms with Crippen LogP contribution in [0.2, 0.25) is 0 Å². The minimum absolute atomic E-state index is 0. The lowest BCUT2D eigenvalue weighted by Gasteiger charge is -2.10. The zero-order valence-electron chi connectivity index (χ0n) is 14.7. The smallest absolute Gasteiger partial charge is 0.191 e. The van der Waals surface area contributed by atoms with Crippen molar-refractivity contribution >= 4 is 52.2 Å². The van der Waals surface area contributed by atoms with Gasteiger partial charge in [0.05, 0.1) is 11.6 Å². The fraction of sp³-hybridized carbons (Fsp3) is 0.333. The average Bonchev–Trinajstić information content (AvgIpc) is 3.16. The molecule has 5 nitrogen and oxygen atoms in total. The van der Waals surface area contributed by atoms with Gasteiger partial charge in [0, 0.05) is 41.8 Å². The molecule has 3 aromatic rings. The third-order valence-electron chi connectivity index (χ3n) is 3.93. The molecule has 0 spiro atoms. The highest BCUT2D eigenvalue weighted by Crippen LogP contribution is 2.19. The van der Waals surface area contributed by atoms with Crippen molar-refractivity contribution in [2.45, 2.75) is 26.8 Å². The Morgan fingerprint density at radius 3 is 2.84 bits per heavy atom. The monoisotopic (exact) mass is 469 g/mol. The van der Waals surface area contributed by atoms with Crippen molar-refractivity contribution in [1.82, 2.24) is 20.6 Å². The zero-order valence-corrected chi connectivity index (χ0v) is 17.9. The van der Waals surface area contributed by atoms with E-state index in [9.17, 15) is 0 Å². The van der Waals surface area contributed by atoms with Crippen molar-refractivity contribution in [2.75, 3.05) is 13.6 Å². The molecule has 0 fully saturated rings. The predicted octanol–water partition coefficient (Wildman–Crippen LogP) is 3.77. The number of aromatic amines is 1. The number of hydrogen-bond donors (Lipinski definition) is 3. The van der Waals surface area contributed by atoms with Gasteiger partial charge < -0.3 is 15.6 Å². The van der Waals surface area contributed by atoms with Crippen LogP contribution in [0.4, 0.5) is 0 Å². The lowest BCUT2D eigenvalue weighted by molar-refractivity contribution is 0.800. The maximum absolute atomic E-state index is 4.27. The van der Waals surface area contributed by atoms with E-state index in [0.29, 0.717) is 0 Å². The maximum Gasteiger partial charge on any atom is 0.191 e. The standard InChI is InChI=1S/C18H23N5S.HI/c1-12-4-5-16-14(9-22-17(16)8-12)6-7-20-18(19-3)23-11-15-10-21-13(2)24-15;/h4-5,8-10,22H,6-7,11H2,1-3H3,(H2,19,20,23);1H. The van der Waals surface area contributed by atoms with E-state index >= 15 is 0 Å². The van der Waals surface area contributed by atoms with Gasteiger partial charge in [0.25, 0.3) is 0 Å². The summed E-state index contributed by atoms with van der Waals surface area (Å²) in [6, 6.07) is 6.53. The number of hydrogen-bond acceptors (Lipinski definition) is 3. The van der Waals surface area contributed by atoms with Crippen LogP contribution in [0.3, 0.4) is 0 Å². The van der Waals surface area contributed by atoms with Gasteiger partial charge in [-0.2, -0.15) is 0 Å². The summed E-state index contributed by atoms with van der Waals surface area (Å²) < 4.78 is 0. The number of halogens is 1. The molecule has 0 atom stereocenters. The van der Waals surface area contributed by atoms with Crippen molar-refractivity contribution in [3.63, 3.8) is 0 Å². The van der Waals surface area contributed by atoms with Gasteiger partial charge in [0.2, 0.25) is 0 Å². The van der Waals surface area contributed by atoms with Gasteiger partial charge in [-0.05, 0) is 37.5 Å². The van der Waals surface area contributed by atoms with E-state index in [0.717, 1.165) is 30.5 Å². The van der Waals surface area contributed by atoms with E-state index in [1.807, 2.05) is 13.1 Å². The summed E-state index contributed by atoms with van der Waals surface area (Å²) in [5.41, 5.74) is 3.80. The predicted molar refractivity (Wildman–Crippen MR) is 117 cm³/mol. The van der Waals surface area contributed by atoms with Crippen molar-refractivity contribution in [1.29, 1.82) is 0 Å². The van der Waals surface area contributed by atoms with Crippen LogP contribution in [-0.2, 0) is 13.0 Å². The summed E-state index contributed by atoms with van der Waals surface area (Å²) in [6.07, 6.45) is 4.96. The van der Waals surface area contributed by atoms with E-state index in [1.165, 1.54) is 26.9 Å². The van der Waals surface area contributed by atoms with Gasteiger partial charge in [-0.15, -0.1) is 35.3 Å². The van der Waals surface area contributed by atoms with E-state index in [4.69, 9.17) is 0 Å². The highest BCUT2D eigenvalue weighted by molar-refractivity contribution is 14.0. The molecule has 0 amide bonds. The van der Waals surface area contributed by atoms with E-state index < -0.39 is 0 Å². The number of benzene rings is 1. The van der Waals surface area contributed by atoms with Crippen LogP contribution in [0.25, 0.3) is 10.9 Å². The van der Waals surface area contributed by atoms with Crippen LogP contribution in [-0.4, -0.2) is 29.5 Å². The molecule has 0 aliphatic rings. The fourth-order valence-electron chi connectivity index (χ4n) is 2.70. The minimum atomic E-state index is 0. The summed E-state index contributed by atoms with van der Waals surface area (Å²) in [5, 5.41) is 9.08. The zero-order chi connectivity index (χ0) is 16.9. The quantitative estimate of drug-likeness (QED) is 0.303. The number of guanidine groups is 1. The molecule has 2 heterocycles. The molecule has 0 aliphatic carbocycles. The summed E-state index contributed by atoms with van der Waals surface area (Å²) in [5.74, 6) is 0.816. The Bertz CT molecular complexity index is 852. The van der Waals surface area contributed by atoms with E-state index in [1.54, 1.807) is 18.4 Å². The lowest BCUT2D eigenvalue weighted by atomic mass is 10.1. The van der Waals surface area contributed by atoms with Crippen LogP contribution in [0.15, 0.2) is 35.6 Å². The Morgan fingerprint density at radius 1 is 1.28 bits per heavy atom. The second kappa shape index (κ2) is 9.19. The third kappa shape index (κ3) is 5.18.